The molecule has 5 atom stereocenters. The zero-order valence-corrected chi connectivity index (χ0v) is 61.6. The summed E-state index contributed by atoms with van der Waals surface area (Å²) in [5.41, 5.74) is 0. The molecule has 0 aromatic rings. The van der Waals surface area contributed by atoms with Crippen molar-refractivity contribution in [1.29, 1.82) is 0 Å². The van der Waals surface area contributed by atoms with Crippen LogP contribution in [-0.2, 0) is 65.4 Å². The summed E-state index contributed by atoms with van der Waals surface area (Å²) in [6, 6.07) is 0. The van der Waals surface area contributed by atoms with Gasteiger partial charge in [-0.05, 0) is 37.5 Å². The summed E-state index contributed by atoms with van der Waals surface area (Å²) in [7, 11) is -9.90. The highest BCUT2D eigenvalue weighted by Crippen LogP contribution is 2.45. The molecule has 0 saturated carbocycles. The second kappa shape index (κ2) is 65.0. The van der Waals surface area contributed by atoms with Gasteiger partial charge < -0.3 is 33.8 Å². The van der Waals surface area contributed by atoms with Crippen molar-refractivity contribution in [1.82, 2.24) is 0 Å². The summed E-state index contributed by atoms with van der Waals surface area (Å²) in [4.78, 5) is 72.7. The third kappa shape index (κ3) is 66.7. The summed E-state index contributed by atoms with van der Waals surface area (Å²) in [5, 5.41) is 10.6. The molecule has 3 N–H and O–H groups in total. The monoisotopic (exact) mass is 1350 g/mol. The molecule has 0 aromatic carbocycles. The molecule has 0 rings (SSSR count). The Balaban J connectivity index is 5.24. The van der Waals surface area contributed by atoms with E-state index in [9.17, 15) is 43.2 Å². The Labute approximate surface area is 562 Å². The summed E-state index contributed by atoms with van der Waals surface area (Å²) in [5.74, 6) is -0.606. The predicted octanol–water partition coefficient (Wildman–Crippen LogP) is 21.2. The zero-order chi connectivity index (χ0) is 67.9. The molecule has 0 radical (unpaired) electrons. The standard InChI is InChI=1S/C73H142O17P2/c1-7-9-11-13-15-17-19-22-27-31-38-44-50-56-71(76)84-61-68(89-72(77)57-51-45-39-32-28-24-21-20-23-26-29-35-41-47-53-65(3)4)63-87-91(79,80)85-59-67(74)60-86-92(81,82)88-64-69(90-73(78)58-52-46-40-34-33-36-42-48-54-66(5)6)62-83-70(75)55-49-43-37-30-25-18-16-14-12-10-8-2/h65-69,74H,7-64H2,1-6H3,(H,79,80)(H,81,82)/t67-,68-,69-/m1/s1. The minimum atomic E-state index is -4.95. The highest BCUT2D eigenvalue weighted by atomic mass is 31.2. The van der Waals surface area contributed by atoms with E-state index >= 15 is 0 Å². The first-order chi connectivity index (χ1) is 44.4. The third-order valence-electron chi connectivity index (χ3n) is 17.0. The van der Waals surface area contributed by atoms with Crippen molar-refractivity contribution >= 4 is 39.5 Å². The van der Waals surface area contributed by atoms with Crippen LogP contribution in [0.15, 0.2) is 0 Å². The lowest BCUT2D eigenvalue weighted by molar-refractivity contribution is -0.161. The van der Waals surface area contributed by atoms with Crippen LogP contribution in [0.25, 0.3) is 0 Å². The molecule has 0 aliphatic heterocycles. The van der Waals surface area contributed by atoms with Crippen LogP contribution in [-0.4, -0.2) is 96.7 Å². The maximum Gasteiger partial charge on any atom is 0.472 e. The van der Waals surface area contributed by atoms with Crippen molar-refractivity contribution in [3.63, 3.8) is 0 Å². The molecule has 0 aromatic heterocycles. The van der Waals surface area contributed by atoms with Crippen molar-refractivity contribution in [2.45, 2.75) is 394 Å². The molecule has 0 saturated heterocycles. The van der Waals surface area contributed by atoms with Gasteiger partial charge in [0.2, 0.25) is 0 Å². The van der Waals surface area contributed by atoms with E-state index in [-0.39, 0.29) is 25.7 Å². The number of carbonyl (C=O) groups is 4. The molecule has 0 aliphatic carbocycles. The predicted molar refractivity (Wildman–Crippen MR) is 372 cm³/mol. The van der Waals surface area contributed by atoms with Gasteiger partial charge in [-0.3, -0.25) is 37.3 Å². The molecule has 0 fully saturated rings. The fraction of sp³-hybridized carbons (Fsp3) is 0.945. The fourth-order valence-corrected chi connectivity index (χ4v) is 12.7. The van der Waals surface area contributed by atoms with Gasteiger partial charge in [0.25, 0.3) is 0 Å². The van der Waals surface area contributed by atoms with Crippen molar-refractivity contribution in [2.24, 2.45) is 11.8 Å². The molecule has 0 bridgehead atoms. The van der Waals surface area contributed by atoms with Crippen molar-refractivity contribution in [2.75, 3.05) is 39.6 Å². The SMILES string of the molecule is CCCCCCCCCCCCCCCC(=O)OC[C@H](COP(=O)(O)OC[C@@H](O)COP(=O)(O)OC[C@@H](COC(=O)CCCCCCCCCCCCC)OC(=O)CCCCCCCCCCC(C)C)OC(=O)CCCCCCCCCCCCCCCCC(C)C. The van der Waals surface area contributed by atoms with Gasteiger partial charge in [-0.2, -0.15) is 0 Å². The average Bonchev–Trinajstić information content (AvgIpc) is 3.30. The van der Waals surface area contributed by atoms with Gasteiger partial charge >= 0.3 is 39.5 Å². The summed E-state index contributed by atoms with van der Waals surface area (Å²) >= 11 is 0. The number of phosphoric acid groups is 2. The van der Waals surface area contributed by atoms with E-state index in [0.29, 0.717) is 25.7 Å². The van der Waals surface area contributed by atoms with E-state index in [1.54, 1.807) is 0 Å². The van der Waals surface area contributed by atoms with Crippen LogP contribution in [0, 0.1) is 11.8 Å². The lowest BCUT2D eigenvalue weighted by Crippen LogP contribution is -2.30. The van der Waals surface area contributed by atoms with Crippen LogP contribution in [0.3, 0.4) is 0 Å². The van der Waals surface area contributed by atoms with Crippen LogP contribution in [0.4, 0.5) is 0 Å². The Morgan fingerprint density at radius 3 is 0.739 bits per heavy atom. The molecule has 0 aliphatic rings. The lowest BCUT2D eigenvalue weighted by Gasteiger charge is -2.21. The summed E-state index contributed by atoms with van der Waals surface area (Å²) < 4.78 is 68.4. The number of phosphoric ester groups is 2. The normalized spacial score (nSPS) is 14.1. The Hall–Kier alpha value is -1.94. The molecule has 0 heterocycles. The van der Waals surface area contributed by atoms with E-state index in [1.807, 2.05) is 0 Å². The van der Waals surface area contributed by atoms with Gasteiger partial charge in [-0.15, -0.1) is 0 Å². The second-order valence-electron chi connectivity index (χ2n) is 27.3. The van der Waals surface area contributed by atoms with E-state index in [2.05, 4.69) is 41.5 Å². The first-order valence-electron chi connectivity index (χ1n) is 38.0. The van der Waals surface area contributed by atoms with Gasteiger partial charge in [0.1, 0.15) is 19.3 Å². The largest absolute Gasteiger partial charge is 0.472 e. The number of esters is 4. The molecule has 546 valence electrons. The molecular weight excluding hydrogens is 1210 g/mol. The average molecular weight is 1350 g/mol. The molecular formula is C73H142O17P2. The summed E-state index contributed by atoms with van der Waals surface area (Å²) in [6.45, 7) is 9.55. The number of rotatable bonds is 72. The Kier molecular flexibility index (Phi) is 63.7. The minimum absolute atomic E-state index is 0.105. The molecule has 2 unspecified atom stereocenters. The number of aliphatic hydroxyl groups is 1. The Morgan fingerprint density at radius 1 is 0.293 bits per heavy atom. The van der Waals surface area contributed by atoms with Crippen LogP contribution in [0.1, 0.15) is 375 Å². The van der Waals surface area contributed by atoms with E-state index in [4.69, 9.17) is 37.0 Å². The third-order valence-corrected chi connectivity index (χ3v) is 18.9. The number of unbranched alkanes of at least 4 members (excludes halogenated alkanes) is 42. The molecule has 0 amide bonds. The molecule has 0 spiro atoms. The van der Waals surface area contributed by atoms with Gasteiger partial charge in [-0.1, -0.05) is 324 Å². The highest BCUT2D eigenvalue weighted by Gasteiger charge is 2.30. The maximum atomic E-state index is 13.1. The number of hydrogen-bond donors (Lipinski definition) is 3. The quantitative estimate of drug-likeness (QED) is 0.0222. The van der Waals surface area contributed by atoms with Crippen LogP contribution in [0.5, 0.6) is 0 Å². The minimum Gasteiger partial charge on any atom is -0.462 e. The van der Waals surface area contributed by atoms with Crippen LogP contribution >= 0.6 is 15.6 Å². The number of hydrogen-bond acceptors (Lipinski definition) is 15. The first kappa shape index (κ1) is 90.1. The van der Waals surface area contributed by atoms with Gasteiger partial charge in [-0.25, -0.2) is 9.13 Å². The summed E-state index contributed by atoms with van der Waals surface area (Å²) in [6.07, 6.45) is 51.2. The van der Waals surface area contributed by atoms with Gasteiger partial charge in [0.05, 0.1) is 26.4 Å². The Morgan fingerprint density at radius 2 is 0.500 bits per heavy atom. The number of carbonyl (C=O) groups excluding carboxylic acids is 4. The van der Waals surface area contributed by atoms with E-state index in [0.717, 1.165) is 102 Å². The van der Waals surface area contributed by atoms with Gasteiger partial charge in [0.15, 0.2) is 12.2 Å². The second-order valence-corrected chi connectivity index (χ2v) is 30.2. The highest BCUT2D eigenvalue weighted by molar-refractivity contribution is 7.47. The van der Waals surface area contributed by atoms with Crippen molar-refractivity contribution in [3.05, 3.63) is 0 Å². The first-order valence-corrected chi connectivity index (χ1v) is 41.0. The number of ether oxygens (including phenoxy) is 4. The molecule has 19 heteroatoms. The topological polar surface area (TPSA) is 237 Å². The fourth-order valence-electron chi connectivity index (χ4n) is 11.1. The van der Waals surface area contributed by atoms with Crippen LogP contribution in [0.2, 0.25) is 0 Å². The Bertz CT molecular complexity index is 1790. The van der Waals surface area contributed by atoms with Crippen molar-refractivity contribution < 1.29 is 80.2 Å². The van der Waals surface area contributed by atoms with Crippen LogP contribution < -0.4 is 0 Å². The van der Waals surface area contributed by atoms with Crippen molar-refractivity contribution in [3.8, 4) is 0 Å². The maximum absolute atomic E-state index is 13.1. The smallest absolute Gasteiger partial charge is 0.462 e. The van der Waals surface area contributed by atoms with Gasteiger partial charge in [0, 0.05) is 25.7 Å². The molecule has 17 nitrogen and oxygen atoms in total. The van der Waals surface area contributed by atoms with E-state index in [1.165, 1.54) is 193 Å². The zero-order valence-electron chi connectivity index (χ0n) is 59.9. The molecule has 92 heavy (non-hydrogen) atoms. The van der Waals surface area contributed by atoms with E-state index < -0.39 is 97.5 Å². The lowest BCUT2D eigenvalue weighted by atomic mass is 10.0. The number of aliphatic hydroxyl groups excluding tert-OH is 1.